The molecule has 25 heavy (non-hydrogen) atoms. The van der Waals surface area contributed by atoms with Crippen molar-refractivity contribution in [2.45, 2.75) is 25.3 Å². The van der Waals surface area contributed by atoms with Gasteiger partial charge in [-0.2, -0.15) is 0 Å². The first kappa shape index (κ1) is 16.0. The van der Waals surface area contributed by atoms with Gasteiger partial charge in [-0.15, -0.1) is 0 Å². The predicted octanol–water partition coefficient (Wildman–Crippen LogP) is 1.63. The van der Waals surface area contributed by atoms with Crippen LogP contribution in [0.3, 0.4) is 0 Å². The Morgan fingerprint density at radius 1 is 1.28 bits per heavy atom. The van der Waals surface area contributed by atoms with Crippen LogP contribution in [-0.4, -0.2) is 59.8 Å². The van der Waals surface area contributed by atoms with Gasteiger partial charge in [-0.05, 0) is 19.3 Å². The Bertz CT molecular complexity index is 706. The Labute approximate surface area is 145 Å². The van der Waals surface area contributed by atoms with E-state index < -0.39 is 6.09 Å². The average Bonchev–Trinajstić information content (AvgIpc) is 3.23. The second-order valence-electron chi connectivity index (χ2n) is 7.01. The van der Waals surface area contributed by atoms with Crippen molar-refractivity contribution >= 4 is 23.6 Å². The summed E-state index contributed by atoms with van der Waals surface area (Å²) in [5.74, 6) is 2.28. The first-order chi connectivity index (χ1) is 12.0. The number of anilines is 2. The molecule has 2 N–H and O–H groups in total. The minimum Gasteiger partial charge on any atom is -0.496 e. The molecule has 8 heteroatoms. The number of pyridine rings is 1. The van der Waals surface area contributed by atoms with Gasteiger partial charge in [-0.3, -0.25) is 4.79 Å². The van der Waals surface area contributed by atoms with Crippen LogP contribution in [0.5, 0.6) is 5.75 Å². The standard InChI is InChI=1S/C17H22N4O4/c1-25-12-6-14(19-16(22)10-2-3-10)18-15(7-12)21-5-4-11-8-20(17(23)24)9-13(11)21/h6-7,10-11,13H,2-5,8-9H2,1H3,(H,23,24)(H,18,19,22). The molecule has 8 nitrogen and oxygen atoms in total. The minimum atomic E-state index is -0.870. The zero-order chi connectivity index (χ0) is 17.6. The fourth-order valence-corrected chi connectivity index (χ4v) is 3.80. The van der Waals surface area contributed by atoms with Crippen molar-refractivity contribution in [2.24, 2.45) is 11.8 Å². The highest BCUT2D eigenvalue weighted by atomic mass is 16.5. The molecule has 0 radical (unpaired) electrons. The van der Waals surface area contributed by atoms with Crippen LogP contribution in [0.1, 0.15) is 19.3 Å². The lowest BCUT2D eigenvalue weighted by Gasteiger charge is -2.26. The zero-order valence-corrected chi connectivity index (χ0v) is 14.1. The number of hydrogen-bond donors (Lipinski definition) is 2. The lowest BCUT2D eigenvalue weighted by molar-refractivity contribution is -0.117. The maximum atomic E-state index is 12.0. The predicted molar refractivity (Wildman–Crippen MR) is 91.0 cm³/mol. The first-order valence-corrected chi connectivity index (χ1v) is 8.66. The molecule has 3 heterocycles. The van der Waals surface area contributed by atoms with E-state index in [4.69, 9.17) is 4.74 Å². The van der Waals surface area contributed by atoms with Crippen molar-refractivity contribution in [1.29, 1.82) is 0 Å². The molecule has 134 valence electrons. The highest BCUT2D eigenvalue weighted by Crippen LogP contribution is 2.36. The highest BCUT2D eigenvalue weighted by Gasteiger charge is 2.43. The summed E-state index contributed by atoms with van der Waals surface area (Å²) >= 11 is 0. The topological polar surface area (TPSA) is 95.0 Å². The van der Waals surface area contributed by atoms with Crippen LogP contribution < -0.4 is 15.0 Å². The van der Waals surface area contributed by atoms with E-state index in [9.17, 15) is 14.7 Å². The quantitative estimate of drug-likeness (QED) is 0.860. The zero-order valence-electron chi connectivity index (χ0n) is 14.1. The molecule has 1 aromatic rings. The summed E-state index contributed by atoms with van der Waals surface area (Å²) < 4.78 is 5.36. The summed E-state index contributed by atoms with van der Waals surface area (Å²) in [6.07, 6.45) is 1.94. The molecule has 2 atom stereocenters. The van der Waals surface area contributed by atoms with Gasteiger partial charge in [0.25, 0.3) is 0 Å². The van der Waals surface area contributed by atoms with Crippen LogP contribution in [0, 0.1) is 11.8 Å². The van der Waals surface area contributed by atoms with Gasteiger partial charge in [-0.25, -0.2) is 9.78 Å². The van der Waals surface area contributed by atoms with Gasteiger partial charge < -0.3 is 25.0 Å². The Hall–Kier alpha value is -2.51. The molecule has 0 aromatic carbocycles. The molecule has 1 saturated carbocycles. The Morgan fingerprint density at radius 3 is 2.76 bits per heavy atom. The van der Waals surface area contributed by atoms with Crippen molar-refractivity contribution in [2.75, 3.05) is 37.0 Å². The number of carboxylic acid groups (broad SMARTS) is 1. The molecule has 4 rings (SSSR count). The van der Waals surface area contributed by atoms with Crippen molar-refractivity contribution in [3.63, 3.8) is 0 Å². The number of ether oxygens (including phenoxy) is 1. The van der Waals surface area contributed by atoms with Crippen LogP contribution in [0.4, 0.5) is 16.4 Å². The van der Waals surface area contributed by atoms with Crippen molar-refractivity contribution < 1.29 is 19.4 Å². The first-order valence-electron chi connectivity index (χ1n) is 8.66. The number of hydrogen-bond acceptors (Lipinski definition) is 5. The van der Waals surface area contributed by atoms with Gasteiger partial charge in [-0.1, -0.05) is 0 Å². The third-order valence-electron chi connectivity index (χ3n) is 5.33. The molecule has 2 saturated heterocycles. The molecule has 2 amide bonds. The van der Waals surface area contributed by atoms with Crippen LogP contribution in [-0.2, 0) is 4.79 Å². The van der Waals surface area contributed by atoms with E-state index in [1.54, 1.807) is 13.2 Å². The number of aromatic nitrogens is 1. The van der Waals surface area contributed by atoms with Crippen molar-refractivity contribution in [3.05, 3.63) is 12.1 Å². The lowest BCUT2D eigenvalue weighted by Crippen LogP contribution is -2.37. The second kappa shape index (κ2) is 6.09. The Balaban J connectivity index is 1.56. The number of amides is 2. The van der Waals surface area contributed by atoms with E-state index in [2.05, 4.69) is 15.2 Å². The maximum absolute atomic E-state index is 12.0. The normalized spacial score (nSPS) is 25.0. The number of rotatable bonds is 4. The lowest BCUT2D eigenvalue weighted by atomic mass is 10.1. The molecule has 1 aromatic heterocycles. The van der Waals surface area contributed by atoms with E-state index in [1.165, 1.54) is 4.90 Å². The molecule has 3 fully saturated rings. The second-order valence-corrected chi connectivity index (χ2v) is 7.01. The molecular weight excluding hydrogens is 324 g/mol. The van der Waals surface area contributed by atoms with E-state index in [1.807, 2.05) is 6.07 Å². The summed E-state index contributed by atoms with van der Waals surface area (Å²) in [4.78, 5) is 31.5. The van der Waals surface area contributed by atoms with Gasteiger partial charge >= 0.3 is 6.09 Å². The fourth-order valence-electron chi connectivity index (χ4n) is 3.80. The molecule has 0 bridgehead atoms. The largest absolute Gasteiger partial charge is 0.496 e. The van der Waals surface area contributed by atoms with E-state index >= 15 is 0 Å². The number of nitrogens with one attached hydrogen (secondary N) is 1. The van der Waals surface area contributed by atoms with Gasteiger partial charge in [0, 0.05) is 43.6 Å². The molecule has 2 unspecified atom stereocenters. The van der Waals surface area contributed by atoms with E-state index in [0.29, 0.717) is 30.6 Å². The van der Waals surface area contributed by atoms with E-state index in [-0.39, 0.29) is 17.9 Å². The number of methoxy groups -OCH3 is 1. The van der Waals surface area contributed by atoms with Crippen LogP contribution in [0.25, 0.3) is 0 Å². The van der Waals surface area contributed by atoms with Crippen LogP contribution in [0.2, 0.25) is 0 Å². The highest BCUT2D eigenvalue weighted by molar-refractivity contribution is 5.93. The number of nitrogens with zero attached hydrogens (tertiary/aromatic N) is 3. The SMILES string of the molecule is COc1cc(NC(=O)C2CC2)nc(N2CCC3CN(C(=O)O)CC32)c1. The average molecular weight is 346 g/mol. The van der Waals surface area contributed by atoms with Crippen LogP contribution >= 0.6 is 0 Å². The molecule has 3 aliphatic rings. The molecule has 2 aliphatic heterocycles. The van der Waals surface area contributed by atoms with Crippen LogP contribution in [0.15, 0.2) is 12.1 Å². The van der Waals surface area contributed by atoms with Crippen molar-refractivity contribution in [3.8, 4) is 5.75 Å². The third-order valence-corrected chi connectivity index (χ3v) is 5.33. The molecule has 1 aliphatic carbocycles. The third kappa shape index (κ3) is 3.08. The van der Waals surface area contributed by atoms with E-state index in [0.717, 1.165) is 31.6 Å². The van der Waals surface area contributed by atoms with Gasteiger partial charge in [0.05, 0.1) is 13.2 Å². The summed E-state index contributed by atoms with van der Waals surface area (Å²) in [7, 11) is 1.58. The number of fused-ring (bicyclic) bond motifs is 1. The molecular formula is C17H22N4O4. The number of carbonyl (C=O) groups excluding carboxylic acids is 1. The van der Waals surface area contributed by atoms with Gasteiger partial charge in [0.15, 0.2) is 0 Å². The maximum Gasteiger partial charge on any atom is 0.407 e. The van der Waals surface area contributed by atoms with Crippen molar-refractivity contribution in [1.82, 2.24) is 9.88 Å². The minimum absolute atomic E-state index is 0.00363. The Morgan fingerprint density at radius 2 is 2.08 bits per heavy atom. The summed E-state index contributed by atoms with van der Waals surface area (Å²) in [5.41, 5.74) is 0. The van der Waals surface area contributed by atoms with Gasteiger partial charge in [0.2, 0.25) is 5.91 Å². The summed E-state index contributed by atoms with van der Waals surface area (Å²) in [6, 6.07) is 3.69. The summed E-state index contributed by atoms with van der Waals surface area (Å²) in [6.45, 7) is 1.90. The fraction of sp³-hybridized carbons (Fsp3) is 0.588. The molecule has 0 spiro atoms. The Kier molecular flexibility index (Phi) is 3.89. The summed E-state index contributed by atoms with van der Waals surface area (Å²) in [5, 5.41) is 12.1. The monoisotopic (exact) mass is 346 g/mol. The number of likely N-dealkylation sites (tertiary alicyclic amines) is 1. The smallest absolute Gasteiger partial charge is 0.407 e. The number of carbonyl (C=O) groups is 2. The van der Waals surface area contributed by atoms with Gasteiger partial charge in [0.1, 0.15) is 17.4 Å².